The molecule has 8 atom stereocenters. The molecule has 2 fully saturated rings. The third-order valence-electron chi connectivity index (χ3n) is 4.21. The molecule has 0 radical (unpaired) electrons. The Morgan fingerprint density at radius 2 is 1.52 bits per heavy atom. The summed E-state index contributed by atoms with van der Waals surface area (Å²) in [5.41, 5.74) is 0. The van der Waals surface area contributed by atoms with Gasteiger partial charge in [-0.05, 0) is 13.8 Å². The maximum absolute atomic E-state index is 11.4. The van der Waals surface area contributed by atoms with Crippen LogP contribution in [-0.2, 0) is 33.3 Å². The summed E-state index contributed by atoms with van der Waals surface area (Å²) in [7, 11) is 0. The molecule has 0 bridgehead atoms. The Hall–Kier alpha value is -1.26. The Balaban J connectivity index is 2.05. The first-order chi connectivity index (χ1) is 11.7. The van der Waals surface area contributed by atoms with Crippen molar-refractivity contribution in [2.24, 2.45) is 0 Å². The third kappa shape index (κ3) is 5.35. The third-order valence-corrected chi connectivity index (χ3v) is 4.21. The second-order valence-electron chi connectivity index (χ2n) is 6.43. The zero-order valence-electron chi connectivity index (χ0n) is 14.8. The molecular weight excluding hydrogens is 336 g/mol. The van der Waals surface area contributed by atoms with Gasteiger partial charge in [0.2, 0.25) is 0 Å². The summed E-state index contributed by atoms with van der Waals surface area (Å²) in [6, 6.07) is 0. The molecule has 144 valence electrons. The zero-order chi connectivity index (χ0) is 18.7. The van der Waals surface area contributed by atoms with Gasteiger partial charge in [0.25, 0.3) is 0 Å². The van der Waals surface area contributed by atoms with Gasteiger partial charge in [-0.2, -0.15) is 0 Å². The molecule has 0 aliphatic carbocycles. The van der Waals surface area contributed by atoms with Gasteiger partial charge in [-0.1, -0.05) is 0 Å². The number of esters is 2. The number of ether oxygens (including phenoxy) is 5. The fourth-order valence-corrected chi connectivity index (χ4v) is 3.19. The van der Waals surface area contributed by atoms with Crippen molar-refractivity contribution in [3.05, 3.63) is 0 Å². The predicted octanol–water partition coefficient (Wildman–Crippen LogP) is -0.142. The van der Waals surface area contributed by atoms with E-state index in [1.807, 2.05) is 0 Å². The van der Waals surface area contributed by atoms with Crippen molar-refractivity contribution in [2.75, 3.05) is 0 Å². The van der Waals surface area contributed by atoms with E-state index in [2.05, 4.69) is 0 Å². The highest BCUT2D eigenvalue weighted by Crippen LogP contribution is 2.30. The molecule has 2 N–H and O–H groups in total. The van der Waals surface area contributed by atoms with Gasteiger partial charge in [0.1, 0.15) is 12.2 Å². The molecule has 0 saturated carbocycles. The van der Waals surface area contributed by atoms with Crippen LogP contribution in [0.2, 0.25) is 0 Å². The lowest BCUT2D eigenvalue weighted by Gasteiger charge is -2.42. The topological polar surface area (TPSA) is 121 Å². The average molecular weight is 362 g/mol. The smallest absolute Gasteiger partial charge is 0.303 e. The molecule has 0 unspecified atom stereocenters. The summed E-state index contributed by atoms with van der Waals surface area (Å²) in [5, 5.41) is 19.6. The van der Waals surface area contributed by atoms with Crippen molar-refractivity contribution in [1.29, 1.82) is 0 Å². The molecule has 0 spiro atoms. The van der Waals surface area contributed by atoms with E-state index in [-0.39, 0.29) is 12.8 Å². The van der Waals surface area contributed by atoms with Crippen LogP contribution in [0.15, 0.2) is 0 Å². The molecule has 9 heteroatoms. The van der Waals surface area contributed by atoms with Crippen LogP contribution < -0.4 is 0 Å². The van der Waals surface area contributed by atoms with Gasteiger partial charge in [-0.25, -0.2) is 0 Å². The Kier molecular flexibility index (Phi) is 6.75. The van der Waals surface area contributed by atoms with Gasteiger partial charge in [-0.3, -0.25) is 9.59 Å². The van der Waals surface area contributed by atoms with Crippen LogP contribution in [0.5, 0.6) is 0 Å². The highest BCUT2D eigenvalue weighted by Gasteiger charge is 2.44. The van der Waals surface area contributed by atoms with E-state index in [0.29, 0.717) is 0 Å². The zero-order valence-corrected chi connectivity index (χ0v) is 14.8. The van der Waals surface area contributed by atoms with Crippen molar-refractivity contribution < 1.29 is 43.5 Å². The van der Waals surface area contributed by atoms with Crippen LogP contribution in [-0.4, -0.2) is 71.4 Å². The number of aliphatic hydroxyl groups is 2. The standard InChI is InChI=1S/C16H26O9/c1-7-15(11(19)5-13(20)21-7)25-14-6-12(23-9(3)17)16(8(2)22-14)24-10(4)18/h7-8,11-16,19-20H,5-6H2,1-4H3/t7-,8-,11-,12-,13+,14+,15-,16-/m1/s1. The summed E-state index contributed by atoms with van der Waals surface area (Å²) in [6.45, 7) is 5.89. The van der Waals surface area contributed by atoms with E-state index >= 15 is 0 Å². The van der Waals surface area contributed by atoms with Crippen molar-refractivity contribution in [2.45, 2.75) is 89.7 Å². The summed E-state index contributed by atoms with van der Waals surface area (Å²) in [5.74, 6) is -1.01. The van der Waals surface area contributed by atoms with Crippen molar-refractivity contribution >= 4 is 11.9 Å². The molecule has 25 heavy (non-hydrogen) atoms. The molecule has 2 aliphatic rings. The van der Waals surface area contributed by atoms with Crippen molar-refractivity contribution in [3.8, 4) is 0 Å². The van der Waals surface area contributed by atoms with Gasteiger partial charge in [0.15, 0.2) is 18.7 Å². The quantitative estimate of drug-likeness (QED) is 0.658. The Bertz CT molecular complexity index is 470. The van der Waals surface area contributed by atoms with E-state index < -0.39 is 61.1 Å². The summed E-state index contributed by atoms with van der Waals surface area (Å²) in [6.07, 6.45) is -5.87. The normalized spacial score (nSPS) is 41.8. The first kappa shape index (κ1) is 20.1. The van der Waals surface area contributed by atoms with Crippen LogP contribution in [0.3, 0.4) is 0 Å². The second-order valence-corrected chi connectivity index (χ2v) is 6.43. The highest BCUT2D eigenvalue weighted by atomic mass is 16.7. The van der Waals surface area contributed by atoms with Crippen molar-refractivity contribution in [1.82, 2.24) is 0 Å². The molecule has 0 aromatic rings. The van der Waals surface area contributed by atoms with Gasteiger partial charge in [0.05, 0.1) is 18.3 Å². The van der Waals surface area contributed by atoms with Crippen molar-refractivity contribution in [3.63, 3.8) is 0 Å². The average Bonchev–Trinajstić information content (AvgIpc) is 2.45. The Labute approximate surface area is 146 Å². The predicted molar refractivity (Wildman–Crippen MR) is 82.1 cm³/mol. The van der Waals surface area contributed by atoms with E-state index in [9.17, 15) is 19.8 Å². The largest absolute Gasteiger partial charge is 0.458 e. The van der Waals surface area contributed by atoms with Gasteiger partial charge in [-0.15, -0.1) is 0 Å². The minimum atomic E-state index is -1.04. The van der Waals surface area contributed by atoms with Crippen LogP contribution in [0.1, 0.15) is 40.5 Å². The van der Waals surface area contributed by atoms with E-state index in [4.69, 9.17) is 23.7 Å². The lowest BCUT2D eigenvalue weighted by atomic mass is 10.00. The number of hydrogen-bond donors (Lipinski definition) is 2. The van der Waals surface area contributed by atoms with Crippen LogP contribution in [0.4, 0.5) is 0 Å². The minimum Gasteiger partial charge on any atom is -0.458 e. The molecule has 2 rings (SSSR count). The Morgan fingerprint density at radius 1 is 0.920 bits per heavy atom. The number of hydrogen-bond acceptors (Lipinski definition) is 9. The molecular formula is C16H26O9. The monoisotopic (exact) mass is 362 g/mol. The molecule has 0 aromatic heterocycles. The maximum Gasteiger partial charge on any atom is 0.303 e. The van der Waals surface area contributed by atoms with E-state index in [0.717, 1.165) is 0 Å². The second kappa shape index (κ2) is 8.41. The maximum atomic E-state index is 11.4. The van der Waals surface area contributed by atoms with Gasteiger partial charge < -0.3 is 33.9 Å². The Morgan fingerprint density at radius 3 is 2.08 bits per heavy atom. The first-order valence-electron chi connectivity index (χ1n) is 8.34. The minimum absolute atomic E-state index is 0.0285. The lowest BCUT2D eigenvalue weighted by molar-refractivity contribution is -0.308. The summed E-state index contributed by atoms with van der Waals surface area (Å²) >= 11 is 0. The SMILES string of the molecule is CC(=O)O[C@@H]1[C@@H](C)O[C@@H](O[C@H]2[C@H](O)C[C@@H](O)O[C@@H]2C)C[C@H]1OC(C)=O. The highest BCUT2D eigenvalue weighted by molar-refractivity contribution is 5.67. The lowest BCUT2D eigenvalue weighted by Crippen LogP contribution is -2.55. The van der Waals surface area contributed by atoms with Crippen LogP contribution >= 0.6 is 0 Å². The summed E-state index contributed by atoms with van der Waals surface area (Å²) < 4.78 is 27.2. The number of carbonyl (C=O) groups is 2. The van der Waals surface area contributed by atoms with Gasteiger partial charge >= 0.3 is 11.9 Å². The fraction of sp³-hybridized carbons (Fsp3) is 0.875. The number of carbonyl (C=O) groups excluding carboxylic acids is 2. The molecule has 2 aliphatic heterocycles. The molecule has 2 saturated heterocycles. The first-order valence-corrected chi connectivity index (χ1v) is 8.34. The molecule has 0 aromatic carbocycles. The van der Waals surface area contributed by atoms with E-state index in [1.165, 1.54) is 13.8 Å². The number of aliphatic hydroxyl groups excluding tert-OH is 2. The molecule has 0 amide bonds. The number of rotatable bonds is 4. The van der Waals surface area contributed by atoms with Gasteiger partial charge in [0, 0.05) is 26.7 Å². The van der Waals surface area contributed by atoms with E-state index in [1.54, 1.807) is 13.8 Å². The molecule has 2 heterocycles. The fourth-order valence-electron chi connectivity index (χ4n) is 3.19. The molecule has 9 nitrogen and oxygen atoms in total. The van der Waals surface area contributed by atoms with Crippen LogP contribution in [0, 0.1) is 0 Å². The van der Waals surface area contributed by atoms with Crippen LogP contribution in [0.25, 0.3) is 0 Å². The summed E-state index contributed by atoms with van der Waals surface area (Å²) in [4.78, 5) is 22.6.